The summed E-state index contributed by atoms with van der Waals surface area (Å²) < 4.78 is 73.6. The lowest BCUT2D eigenvalue weighted by Crippen LogP contribution is -2.51. The van der Waals surface area contributed by atoms with Gasteiger partial charge in [-0.25, -0.2) is 53.6 Å². The molecule has 0 aliphatic carbocycles. The molecule has 8 N–H and O–H groups in total. The molecule has 0 aliphatic heterocycles. The van der Waals surface area contributed by atoms with Crippen molar-refractivity contribution >= 4 is 114 Å². The summed E-state index contributed by atoms with van der Waals surface area (Å²) in [5.41, 5.74) is 1.13. The highest BCUT2D eigenvalue weighted by atomic mass is 35.5. The number of halogens is 8. The number of benzene rings is 1. The minimum Gasteiger partial charge on any atom is -0.493 e. The fourth-order valence-electron chi connectivity index (χ4n) is 9.12. The number of methoxy groups -OCH3 is 2. The van der Waals surface area contributed by atoms with E-state index in [0.717, 1.165) is 22.0 Å². The highest BCUT2D eigenvalue weighted by Crippen LogP contribution is 2.38. The number of nitrogens with zero attached hydrogens (tertiary/aromatic N) is 10. The van der Waals surface area contributed by atoms with Crippen LogP contribution in [0.2, 0.25) is 15.1 Å². The van der Waals surface area contributed by atoms with Gasteiger partial charge in [-0.3, -0.25) is 14.4 Å². The molecule has 492 valence electrons. The average Bonchev–Trinajstić information content (AvgIpc) is 1.75. The standard InChI is InChI=1S/C23H22ClF3N6O3.C19H23ClN6O.C18H19ClF2N6O.6H2/c1-22(2,21(34)30-10-23(25,26)27)33-20-13-6-16(35-3)17(36-4)7-15(13)31-19(32-20)14-9-29-18-12(14)5-11(24)8-28-18;1-5-19(3,18(27)26(4)6-2)25-15-7-8-21-17(24-15)14-11-23-16-13(14)9-12(20)10-22-16;1-3-18(2,17(28)25-9-13(20)21)27-14-4-5-22-16(26-14)12-8-24-15-11(12)6-10(19)7-23-15;;;;;;/h5-9H,10H2,1-4H3,(H,28,29)(H,30,34)(H,31,32,33);7-11H,5-6H2,1-4H3,(H,22,23)(H,21,24,25);4-8,13H,3,9H2,1-2H3,(H,23,24)(H,25,28)(H,22,26,27);6*1H/t;19-;18-;;;;;;/m.11....../s1. The minimum absolute atomic E-state index is 0. The lowest BCUT2D eigenvalue weighted by molar-refractivity contribution is -0.140. The smallest absolute Gasteiger partial charge is 0.405 e. The van der Waals surface area contributed by atoms with Gasteiger partial charge in [0.05, 0.1) is 41.3 Å². The van der Waals surface area contributed by atoms with E-state index in [1.165, 1.54) is 40.5 Å². The summed E-state index contributed by atoms with van der Waals surface area (Å²) in [7, 11) is 4.74. The Hall–Kier alpha value is -9.28. The zero-order valence-electron chi connectivity index (χ0n) is 50.8. The highest BCUT2D eigenvalue weighted by Gasteiger charge is 2.36. The molecule has 1 aromatic carbocycles. The van der Waals surface area contributed by atoms with Crippen molar-refractivity contribution in [1.82, 2.24) is 75.3 Å². The van der Waals surface area contributed by atoms with Gasteiger partial charge in [0.1, 0.15) is 57.6 Å². The van der Waals surface area contributed by atoms with Gasteiger partial charge < -0.3 is 55.9 Å². The Morgan fingerprint density at radius 2 is 1.07 bits per heavy atom. The Morgan fingerprint density at radius 3 is 1.51 bits per heavy atom. The minimum atomic E-state index is -4.55. The first kappa shape index (κ1) is 67.6. The number of nitrogens with one attached hydrogen (secondary N) is 8. The number of rotatable bonds is 20. The molecular weight excluding hydrogens is 1250 g/mol. The second-order valence-electron chi connectivity index (χ2n) is 21.5. The molecule has 0 aliphatic rings. The third kappa shape index (κ3) is 16.0. The lowest BCUT2D eigenvalue weighted by Gasteiger charge is -2.32. The van der Waals surface area contributed by atoms with Crippen molar-refractivity contribution in [2.45, 2.75) is 90.5 Å². The summed E-state index contributed by atoms with van der Waals surface area (Å²) in [6.45, 7) is 10.6. The molecular formula is C60H76Cl3F5N18O5. The Labute approximate surface area is 541 Å². The largest absolute Gasteiger partial charge is 0.493 e. The number of carbonyl (C=O) groups excluding carboxylic acids is 3. The number of amides is 3. The summed E-state index contributed by atoms with van der Waals surface area (Å²) >= 11 is 18.2. The number of hydrogen-bond donors (Lipinski definition) is 8. The van der Waals surface area contributed by atoms with E-state index >= 15 is 0 Å². The van der Waals surface area contributed by atoms with Crippen LogP contribution in [0.15, 0.2) is 92.0 Å². The van der Waals surface area contributed by atoms with Gasteiger partial charge >= 0.3 is 6.18 Å². The second-order valence-corrected chi connectivity index (χ2v) is 22.8. The maximum Gasteiger partial charge on any atom is 0.405 e. The van der Waals surface area contributed by atoms with Crippen LogP contribution in [0.5, 0.6) is 11.5 Å². The number of H-pyrrole nitrogens is 3. The quantitative estimate of drug-likeness (QED) is 0.0329. The Morgan fingerprint density at radius 1 is 0.604 bits per heavy atom. The van der Waals surface area contributed by atoms with E-state index < -0.39 is 54.1 Å². The molecule has 10 rings (SSSR count). The maximum absolute atomic E-state index is 12.7. The first-order valence-electron chi connectivity index (χ1n) is 28.1. The van der Waals surface area contributed by atoms with Crippen molar-refractivity contribution in [2.75, 3.05) is 56.9 Å². The SMILES string of the molecule is CCN(C)C(=O)[C@@](C)(CC)Nc1ccnc(-c2c[nH]c3ncc(Cl)cc23)n1.CC[C@@](C)(Nc1ccnc(-c2c[nH]c3ncc(Cl)cc23)n1)C(=O)NCC(F)F.COc1cc2nc(-c3c[nH]c4ncc(Cl)cc34)nc(NC(C)(C)C(=O)NCC(F)(F)F)c2cc1OC.[HH].[HH].[HH].[HH].[HH].[HH]. The number of alkyl halides is 5. The van der Waals surface area contributed by atoms with Crippen molar-refractivity contribution in [3.8, 4) is 45.7 Å². The normalized spacial score (nSPS) is 12.9. The van der Waals surface area contributed by atoms with Crippen LogP contribution in [-0.4, -0.2) is 153 Å². The topological polar surface area (TPSA) is 296 Å². The van der Waals surface area contributed by atoms with Gasteiger partial charge in [-0.15, -0.1) is 0 Å². The van der Waals surface area contributed by atoms with Crippen LogP contribution in [0.1, 0.15) is 69.9 Å². The maximum atomic E-state index is 12.7. The molecule has 0 unspecified atom stereocenters. The number of hydrogen-bond acceptors (Lipinski definition) is 17. The fourth-order valence-corrected chi connectivity index (χ4v) is 9.60. The molecule has 3 amide bonds. The van der Waals surface area contributed by atoms with E-state index in [1.807, 2.05) is 38.4 Å². The fraction of sp³-hybridized carbons (Fsp3) is 0.333. The van der Waals surface area contributed by atoms with Gasteiger partial charge in [-0.2, -0.15) is 13.2 Å². The first-order chi connectivity index (χ1) is 43.1. The molecule has 0 bridgehead atoms. The molecule has 2 atom stereocenters. The lowest BCUT2D eigenvalue weighted by atomic mass is 9.97. The molecule has 0 spiro atoms. The molecule has 31 heteroatoms. The number of ether oxygens (including phenoxy) is 2. The van der Waals surface area contributed by atoms with Gasteiger partial charge in [-0.1, -0.05) is 48.7 Å². The van der Waals surface area contributed by atoms with Crippen molar-refractivity contribution < 1.29 is 54.4 Å². The Balaban J connectivity index is 0.000000486. The van der Waals surface area contributed by atoms with E-state index in [9.17, 15) is 36.3 Å². The summed E-state index contributed by atoms with van der Waals surface area (Å²) in [6.07, 6.45) is 6.88. The molecule has 0 saturated heterocycles. The van der Waals surface area contributed by atoms with Crippen LogP contribution in [0.4, 0.5) is 39.4 Å². The average molecular weight is 1330 g/mol. The van der Waals surface area contributed by atoms with Gasteiger partial charge in [0.15, 0.2) is 29.0 Å². The number of aromatic nitrogens is 12. The summed E-state index contributed by atoms with van der Waals surface area (Å²) in [6, 6.07) is 11.9. The summed E-state index contributed by atoms with van der Waals surface area (Å²) in [5, 5.41) is 17.6. The van der Waals surface area contributed by atoms with Gasteiger partial charge in [0.25, 0.3) is 6.43 Å². The molecule has 91 heavy (non-hydrogen) atoms. The number of likely N-dealkylation sites (N-methyl/N-ethyl adjacent to an activating group) is 1. The third-order valence-electron chi connectivity index (χ3n) is 14.6. The molecule has 0 saturated carbocycles. The van der Waals surface area contributed by atoms with E-state index in [1.54, 1.807) is 93.2 Å². The van der Waals surface area contributed by atoms with E-state index in [0.29, 0.717) is 108 Å². The summed E-state index contributed by atoms with van der Waals surface area (Å²) in [4.78, 5) is 88.3. The van der Waals surface area contributed by atoms with Gasteiger partial charge in [0, 0.05) is 116 Å². The Kier molecular flexibility index (Phi) is 21.0. The molecule has 0 radical (unpaired) electrons. The Bertz CT molecular complexity index is 4300. The van der Waals surface area contributed by atoms with Crippen LogP contribution >= 0.6 is 34.8 Å². The van der Waals surface area contributed by atoms with Crippen molar-refractivity contribution in [3.05, 3.63) is 107 Å². The van der Waals surface area contributed by atoms with E-state index in [4.69, 9.17) is 44.3 Å². The summed E-state index contributed by atoms with van der Waals surface area (Å²) in [5.74, 6) is 1.81. The molecule has 23 nitrogen and oxygen atoms in total. The predicted octanol–water partition coefficient (Wildman–Crippen LogP) is 13.6. The first-order valence-corrected chi connectivity index (χ1v) is 29.3. The number of anilines is 3. The zero-order valence-corrected chi connectivity index (χ0v) is 53.1. The number of aromatic amines is 3. The third-order valence-corrected chi connectivity index (χ3v) is 15.2. The van der Waals surface area contributed by atoms with Crippen LogP contribution in [0, 0.1) is 0 Å². The molecule has 10 aromatic rings. The van der Waals surface area contributed by atoms with Gasteiger partial charge in [-0.05, 0) is 83.9 Å². The predicted molar refractivity (Wildman–Crippen MR) is 353 cm³/mol. The van der Waals surface area contributed by atoms with Crippen LogP contribution in [-0.2, 0) is 14.4 Å². The molecule has 9 heterocycles. The zero-order chi connectivity index (χ0) is 66.2. The van der Waals surface area contributed by atoms with Crippen molar-refractivity contribution in [1.29, 1.82) is 0 Å². The number of pyridine rings is 3. The van der Waals surface area contributed by atoms with Gasteiger partial charge in [0.2, 0.25) is 17.7 Å². The van der Waals surface area contributed by atoms with Crippen LogP contribution in [0.3, 0.4) is 0 Å². The van der Waals surface area contributed by atoms with Crippen LogP contribution < -0.4 is 36.1 Å². The van der Waals surface area contributed by atoms with E-state index in [-0.39, 0.29) is 26.1 Å². The highest BCUT2D eigenvalue weighted by molar-refractivity contribution is 6.32. The van der Waals surface area contributed by atoms with Crippen molar-refractivity contribution in [2.24, 2.45) is 0 Å². The number of carbonyl (C=O) groups is 3. The van der Waals surface area contributed by atoms with Crippen molar-refractivity contribution in [3.63, 3.8) is 0 Å². The second kappa shape index (κ2) is 28.3. The van der Waals surface area contributed by atoms with E-state index in [2.05, 4.69) is 81.1 Å². The molecule has 0 fully saturated rings. The van der Waals surface area contributed by atoms with Crippen LogP contribution in [0.25, 0.3) is 78.2 Å². The monoisotopic (exact) mass is 1330 g/mol. The molecule has 9 aromatic heterocycles. The number of fused-ring (bicyclic) bond motifs is 4.